The van der Waals surface area contributed by atoms with E-state index in [0.29, 0.717) is 0 Å². The Labute approximate surface area is 107 Å². The molecule has 0 spiro atoms. The molecule has 1 heterocycles. The molecule has 1 aromatic rings. The normalized spacial score (nSPS) is 18.3. The first-order chi connectivity index (χ1) is 7.84. The molecule has 0 unspecified atom stereocenters. The topological polar surface area (TPSA) is 3.24 Å². The lowest BCUT2D eigenvalue weighted by Crippen LogP contribution is -2.28. The van der Waals surface area contributed by atoms with Crippen LogP contribution in [0.25, 0.3) is 0 Å². The summed E-state index contributed by atoms with van der Waals surface area (Å²) in [6, 6.07) is 8.23. The highest BCUT2D eigenvalue weighted by Crippen LogP contribution is 2.12. The molecule has 0 aliphatic carbocycles. The van der Waals surface area contributed by atoms with Crippen molar-refractivity contribution in [1.29, 1.82) is 0 Å². The first-order valence-corrected chi connectivity index (χ1v) is 7.42. The minimum absolute atomic E-state index is 0.829. The average molecular weight is 256 g/mol. The molecular formula is C13H18ClNS. The van der Waals surface area contributed by atoms with E-state index in [4.69, 9.17) is 11.6 Å². The van der Waals surface area contributed by atoms with Gasteiger partial charge in [-0.15, -0.1) is 0 Å². The molecule has 1 aromatic carbocycles. The van der Waals surface area contributed by atoms with Crippen molar-refractivity contribution in [2.24, 2.45) is 0 Å². The van der Waals surface area contributed by atoms with Gasteiger partial charge in [0.25, 0.3) is 0 Å². The summed E-state index contributed by atoms with van der Waals surface area (Å²) in [5.74, 6) is 2.62. The predicted molar refractivity (Wildman–Crippen MR) is 73.5 cm³/mol. The van der Waals surface area contributed by atoms with E-state index in [-0.39, 0.29) is 0 Å². The highest BCUT2D eigenvalue weighted by Gasteiger charge is 2.08. The van der Waals surface area contributed by atoms with Gasteiger partial charge in [0.1, 0.15) is 0 Å². The largest absolute Gasteiger partial charge is 0.302 e. The summed E-state index contributed by atoms with van der Waals surface area (Å²) in [7, 11) is 0. The Morgan fingerprint density at radius 3 is 2.75 bits per heavy atom. The molecule has 88 valence electrons. The summed E-state index contributed by atoms with van der Waals surface area (Å²) < 4.78 is 0. The number of rotatable bonds is 3. The van der Waals surface area contributed by atoms with Crippen molar-refractivity contribution < 1.29 is 0 Å². The number of thioether (sulfide) groups is 1. The maximum Gasteiger partial charge on any atom is 0.0406 e. The summed E-state index contributed by atoms with van der Waals surface area (Å²) in [5.41, 5.74) is 1.39. The van der Waals surface area contributed by atoms with Crippen LogP contribution >= 0.6 is 23.4 Å². The molecule has 0 N–H and O–H groups in total. The Balaban J connectivity index is 1.79. The van der Waals surface area contributed by atoms with Crippen molar-refractivity contribution >= 4 is 23.4 Å². The Hall–Kier alpha value is -0.180. The van der Waals surface area contributed by atoms with Gasteiger partial charge < -0.3 is 4.90 Å². The van der Waals surface area contributed by atoms with E-state index in [1.165, 1.54) is 43.1 Å². The molecule has 3 heteroatoms. The third-order valence-corrected chi connectivity index (χ3v) is 4.25. The molecule has 0 amide bonds. The van der Waals surface area contributed by atoms with E-state index in [2.05, 4.69) is 28.8 Å². The smallest absolute Gasteiger partial charge is 0.0406 e. The molecule has 1 saturated heterocycles. The van der Waals surface area contributed by atoms with Crippen LogP contribution < -0.4 is 0 Å². The van der Waals surface area contributed by atoms with E-state index >= 15 is 0 Å². The van der Waals surface area contributed by atoms with Crippen molar-refractivity contribution in [2.45, 2.75) is 12.8 Å². The highest BCUT2D eigenvalue weighted by atomic mass is 35.5. The van der Waals surface area contributed by atoms with Crippen LogP contribution in [0.1, 0.15) is 12.0 Å². The number of halogens is 1. The fourth-order valence-electron chi connectivity index (χ4n) is 1.96. The summed E-state index contributed by atoms with van der Waals surface area (Å²) in [6.07, 6.45) is 2.48. The zero-order chi connectivity index (χ0) is 11.2. The van der Waals surface area contributed by atoms with Crippen molar-refractivity contribution in [3.8, 4) is 0 Å². The van der Waals surface area contributed by atoms with E-state index < -0.39 is 0 Å². The average Bonchev–Trinajstić information content (AvgIpc) is 2.57. The monoisotopic (exact) mass is 255 g/mol. The predicted octanol–water partition coefficient (Wildman–Crippen LogP) is 3.32. The van der Waals surface area contributed by atoms with Gasteiger partial charge in [-0.05, 0) is 42.8 Å². The van der Waals surface area contributed by atoms with Crippen LogP contribution in [0, 0.1) is 0 Å². The molecule has 2 rings (SSSR count). The van der Waals surface area contributed by atoms with Gasteiger partial charge in [0, 0.05) is 23.9 Å². The number of hydrogen-bond donors (Lipinski definition) is 0. The summed E-state index contributed by atoms with van der Waals surface area (Å²) in [6.45, 7) is 3.70. The number of hydrogen-bond acceptors (Lipinski definition) is 2. The van der Waals surface area contributed by atoms with Crippen LogP contribution in [-0.2, 0) is 6.42 Å². The van der Waals surface area contributed by atoms with Gasteiger partial charge in [-0.2, -0.15) is 11.8 Å². The van der Waals surface area contributed by atoms with Crippen LogP contribution in [0.3, 0.4) is 0 Å². The van der Waals surface area contributed by atoms with Crippen molar-refractivity contribution in [3.63, 3.8) is 0 Å². The van der Waals surface area contributed by atoms with Gasteiger partial charge in [-0.25, -0.2) is 0 Å². The Morgan fingerprint density at radius 1 is 1.12 bits per heavy atom. The fraction of sp³-hybridized carbons (Fsp3) is 0.538. The molecule has 0 bridgehead atoms. The molecule has 0 aromatic heterocycles. The van der Waals surface area contributed by atoms with Gasteiger partial charge >= 0.3 is 0 Å². The molecule has 1 fully saturated rings. The zero-order valence-electron chi connectivity index (χ0n) is 9.49. The highest BCUT2D eigenvalue weighted by molar-refractivity contribution is 7.99. The van der Waals surface area contributed by atoms with Gasteiger partial charge in [0.05, 0.1) is 0 Å². The fourth-order valence-corrected chi connectivity index (χ4v) is 3.01. The molecule has 0 radical (unpaired) electrons. The summed E-state index contributed by atoms with van der Waals surface area (Å²) in [5, 5.41) is 0.829. The third-order valence-electron chi connectivity index (χ3n) is 2.94. The maximum atomic E-state index is 5.87. The standard InChI is InChI=1S/C13H18ClNS/c14-13-4-2-12(3-5-13)6-8-15-7-1-10-16-11-9-15/h2-5H,1,6-11H2. The third kappa shape index (κ3) is 4.00. The van der Waals surface area contributed by atoms with E-state index in [1.54, 1.807) is 0 Å². The lowest BCUT2D eigenvalue weighted by Gasteiger charge is -2.19. The van der Waals surface area contributed by atoms with Crippen LogP contribution in [0.15, 0.2) is 24.3 Å². The van der Waals surface area contributed by atoms with Crippen molar-refractivity contribution in [3.05, 3.63) is 34.9 Å². The zero-order valence-corrected chi connectivity index (χ0v) is 11.1. The first-order valence-electron chi connectivity index (χ1n) is 5.89. The van der Waals surface area contributed by atoms with Gasteiger partial charge in [-0.1, -0.05) is 23.7 Å². The second-order valence-corrected chi connectivity index (χ2v) is 5.85. The Bertz CT molecular complexity index is 304. The summed E-state index contributed by atoms with van der Waals surface area (Å²) in [4.78, 5) is 2.58. The molecular weight excluding hydrogens is 238 g/mol. The molecule has 0 atom stereocenters. The van der Waals surface area contributed by atoms with E-state index in [1.807, 2.05) is 12.1 Å². The van der Waals surface area contributed by atoms with Gasteiger partial charge in [0.2, 0.25) is 0 Å². The van der Waals surface area contributed by atoms with Gasteiger partial charge in [-0.3, -0.25) is 0 Å². The maximum absolute atomic E-state index is 5.87. The van der Waals surface area contributed by atoms with Crippen molar-refractivity contribution in [2.75, 3.05) is 31.1 Å². The quantitative estimate of drug-likeness (QED) is 0.815. The first kappa shape index (κ1) is 12.3. The minimum Gasteiger partial charge on any atom is -0.302 e. The van der Waals surface area contributed by atoms with Crippen LogP contribution in [0.5, 0.6) is 0 Å². The van der Waals surface area contributed by atoms with Gasteiger partial charge in [0.15, 0.2) is 0 Å². The lowest BCUT2D eigenvalue weighted by molar-refractivity contribution is 0.299. The molecule has 16 heavy (non-hydrogen) atoms. The van der Waals surface area contributed by atoms with E-state index in [0.717, 1.165) is 11.4 Å². The molecule has 0 saturated carbocycles. The molecule has 1 aliphatic rings. The lowest BCUT2D eigenvalue weighted by atomic mass is 10.1. The van der Waals surface area contributed by atoms with Crippen LogP contribution in [0.4, 0.5) is 0 Å². The second kappa shape index (κ2) is 6.53. The Morgan fingerprint density at radius 2 is 1.94 bits per heavy atom. The number of benzene rings is 1. The summed E-state index contributed by atoms with van der Waals surface area (Å²) >= 11 is 7.95. The molecule has 1 aliphatic heterocycles. The SMILES string of the molecule is Clc1ccc(CCN2CCCSCC2)cc1. The van der Waals surface area contributed by atoms with Crippen LogP contribution in [0.2, 0.25) is 5.02 Å². The Kier molecular flexibility index (Phi) is 5.01. The number of nitrogens with zero attached hydrogens (tertiary/aromatic N) is 1. The molecule has 1 nitrogen and oxygen atoms in total. The van der Waals surface area contributed by atoms with E-state index in [9.17, 15) is 0 Å². The van der Waals surface area contributed by atoms with Crippen LogP contribution in [-0.4, -0.2) is 36.0 Å². The second-order valence-electron chi connectivity index (χ2n) is 4.18. The minimum atomic E-state index is 0.829. The van der Waals surface area contributed by atoms with Crippen molar-refractivity contribution in [1.82, 2.24) is 4.90 Å².